The highest BCUT2D eigenvalue weighted by Crippen LogP contribution is 2.18. The molecule has 0 aliphatic heterocycles. The first-order chi connectivity index (χ1) is 11.2. The number of benzene rings is 1. The molecule has 0 aliphatic carbocycles. The van der Waals surface area contributed by atoms with Crippen LogP contribution in [0.25, 0.3) is 0 Å². The lowest BCUT2D eigenvalue weighted by Gasteiger charge is -2.18. The predicted octanol–water partition coefficient (Wildman–Crippen LogP) is 3.00. The Bertz CT molecular complexity index is 587. The van der Waals surface area contributed by atoms with Crippen LogP contribution in [0.3, 0.4) is 0 Å². The lowest BCUT2D eigenvalue weighted by Crippen LogP contribution is -2.24. The van der Waals surface area contributed by atoms with Crippen molar-refractivity contribution >= 4 is 0 Å². The number of ether oxygens (including phenoxy) is 3. The SMILES string of the molecule is CCOc1ccc(OCCN(C)Cc2ncccc2OC)cc1. The number of nitrogens with zero attached hydrogens (tertiary/aromatic N) is 2. The summed E-state index contributed by atoms with van der Waals surface area (Å²) in [5.74, 6) is 2.52. The third-order valence-corrected chi connectivity index (χ3v) is 3.36. The molecular weight excluding hydrogens is 292 g/mol. The van der Waals surface area contributed by atoms with Crippen molar-refractivity contribution < 1.29 is 14.2 Å². The number of methoxy groups -OCH3 is 1. The fraction of sp³-hybridized carbons (Fsp3) is 0.389. The van der Waals surface area contributed by atoms with Crippen LogP contribution in [-0.4, -0.2) is 43.8 Å². The second-order valence-electron chi connectivity index (χ2n) is 5.14. The molecule has 0 bridgehead atoms. The van der Waals surface area contributed by atoms with Gasteiger partial charge in [0, 0.05) is 19.3 Å². The molecule has 0 aliphatic rings. The quantitative estimate of drug-likeness (QED) is 0.711. The maximum atomic E-state index is 5.76. The first-order valence-electron chi connectivity index (χ1n) is 7.75. The lowest BCUT2D eigenvalue weighted by molar-refractivity contribution is 0.229. The Hall–Kier alpha value is -2.27. The molecule has 1 heterocycles. The van der Waals surface area contributed by atoms with Gasteiger partial charge >= 0.3 is 0 Å². The van der Waals surface area contributed by atoms with Crippen LogP contribution in [0.5, 0.6) is 17.2 Å². The van der Waals surface area contributed by atoms with Gasteiger partial charge in [0.05, 0.1) is 19.4 Å². The van der Waals surface area contributed by atoms with Gasteiger partial charge in [-0.05, 0) is 50.4 Å². The Labute approximate surface area is 137 Å². The van der Waals surface area contributed by atoms with Gasteiger partial charge in [0.2, 0.25) is 0 Å². The van der Waals surface area contributed by atoms with Crippen molar-refractivity contribution in [1.82, 2.24) is 9.88 Å². The van der Waals surface area contributed by atoms with E-state index in [9.17, 15) is 0 Å². The van der Waals surface area contributed by atoms with Crippen LogP contribution in [0, 0.1) is 0 Å². The van der Waals surface area contributed by atoms with Gasteiger partial charge in [-0.25, -0.2) is 0 Å². The molecule has 0 N–H and O–H groups in total. The minimum atomic E-state index is 0.611. The van der Waals surface area contributed by atoms with Crippen LogP contribution in [0.4, 0.5) is 0 Å². The molecule has 124 valence electrons. The minimum absolute atomic E-state index is 0.611. The Balaban J connectivity index is 1.77. The van der Waals surface area contributed by atoms with Gasteiger partial charge in [0.15, 0.2) is 0 Å². The van der Waals surface area contributed by atoms with Gasteiger partial charge in [-0.3, -0.25) is 9.88 Å². The average molecular weight is 316 g/mol. The number of rotatable bonds is 9. The summed E-state index contributed by atoms with van der Waals surface area (Å²) < 4.78 is 16.5. The maximum Gasteiger partial charge on any atom is 0.141 e. The number of hydrogen-bond donors (Lipinski definition) is 0. The zero-order chi connectivity index (χ0) is 16.5. The van der Waals surface area contributed by atoms with E-state index in [0.717, 1.165) is 36.0 Å². The van der Waals surface area contributed by atoms with Crippen molar-refractivity contribution in [2.24, 2.45) is 0 Å². The molecule has 23 heavy (non-hydrogen) atoms. The first kappa shape index (κ1) is 17.1. The molecule has 0 unspecified atom stereocenters. The van der Waals surface area contributed by atoms with Crippen LogP contribution in [0.1, 0.15) is 12.6 Å². The monoisotopic (exact) mass is 316 g/mol. The van der Waals surface area contributed by atoms with Crippen LogP contribution in [0.2, 0.25) is 0 Å². The predicted molar refractivity (Wildman–Crippen MR) is 90.2 cm³/mol. The highest BCUT2D eigenvalue weighted by Gasteiger charge is 2.07. The number of aromatic nitrogens is 1. The van der Waals surface area contributed by atoms with E-state index < -0.39 is 0 Å². The highest BCUT2D eigenvalue weighted by molar-refractivity contribution is 5.31. The van der Waals surface area contributed by atoms with E-state index in [-0.39, 0.29) is 0 Å². The summed E-state index contributed by atoms with van der Waals surface area (Å²) in [4.78, 5) is 6.51. The van der Waals surface area contributed by atoms with Crippen molar-refractivity contribution in [1.29, 1.82) is 0 Å². The topological polar surface area (TPSA) is 43.8 Å². The van der Waals surface area contributed by atoms with Crippen molar-refractivity contribution in [3.8, 4) is 17.2 Å². The summed E-state index contributed by atoms with van der Waals surface area (Å²) in [7, 11) is 3.70. The first-order valence-corrected chi connectivity index (χ1v) is 7.75. The third kappa shape index (κ3) is 5.45. The smallest absolute Gasteiger partial charge is 0.141 e. The fourth-order valence-electron chi connectivity index (χ4n) is 2.18. The molecule has 0 saturated heterocycles. The molecule has 0 amide bonds. The normalized spacial score (nSPS) is 10.6. The summed E-state index contributed by atoms with van der Waals surface area (Å²) in [5, 5.41) is 0. The van der Waals surface area contributed by atoms with Crippen molar-refractivity contribution in [3.05, 3.63) is 48.3 Å². The van der Waals surface area contributed by atoms with Crippen molar-refractivity contribution in [2.45, 2.75) is 13.5 Å². The summed E-state index contributed by atoms with van der Waals surface area (Å²) in [6.45, 7) is 4.77. The molecule has 1 aromatic carbocycles. The van der Waals surface area contributed by atoms with E-state index in [1.54, 1.807) is 13.3 Å². The van der Waals surface area contributed by atoms with Gasteiger partial charge in [-0.15, -0.1) is 0 Å². The Morgan fingerprint density at radius 1 is 1.04 bits per heavy atom. The summed E-state index contributed by atoms with van der Waals surface area (Å²) in [6, 6.07) is 11.5. The zero-order valence-electron chi connectivity index (χ0n) is 14.0. The van der Waals surface area contributed by atoms with E-state index >= 15 is 0 Å². The van der Waals surface area contributed by atoms with E-state index in [1.165, 1.54) is 0 Å². The third-order valence-electron chi connectivity index (χ3n) is 3.36. The molecule has 5 nitrogen and oxygen atoms in total. The minimum Gasteiger partial charge on any atom is -0.495 e. The number of pyridine rings is 1. The Morgan fingerprint density at radius 2 is 1.74 bits per heavy atom. The Kier molecular flexibility index (Phi) is 6.69. The fourth-order valence-corrected chi connectivity index (χ4v) is 2.18. The van der Waals surface area contributed by atoms with E-state index in [4.69, 9.17) is 14.2 Å². The molecular formula is C18H24N2O3. The van der Waals surface area contributed by atoms with Crippen LogP contribution in [-0.2, 0) is 6.54 Å². The molecule has 0 saturated carbocycles. The van der Waals surface area contributed by atoms with Gasteiger partial charge in [-0.2, -0.15) is 0 Å². The Morgan fingerprint density at radius 3 is 2.39 bits per heavy atom. The van der Waals surface area contributed by atoms with Crippen molar-refractivity contribution in [3.63, 3.8) is 0 Å². The van der Waals surface area contributed by atoms with Gasteiger partial charge < -0.3 is 14.2 Å². The molecule has 0 radical (unpaired) electrons. The van der Waals surface area contributed by atoms with Crippen molar-refractivity contribution in [2.75, 3.05) is 33.9 Å². The molecule has 5 heteroatoms. The number of likely N-dealkylation sites (N-methyl/N-ethyl adjacent to an activating group) is 1. The molecule has 0 atom stereocenters. The lowest BCUT2D eigenvalue weighted by atomic mass is 10.3. The molecule has 0 fully saturated rings. The van der Waals surface area contributed by atoms with E-state index in [1.807, 2.05) is 50.4 Å². The largest absolute Gasteiger partial charge is 0.495 e. The summed E-state index contributed by atoms with van der Waals surface area (Å²) in [6.07, 6.45) is 1.78. The molecule has 2 rings (SSSR count). The van der Waals surface area contributed by atoms with Gasteiger partial charge in [0.25, 0.3) is 0 Å². The van der Waals surface area contributed by atoms with Crippen LogP contribution >= 0.6 is 0 Å². The molecule has 2 aromatic rings. The zero-order valence-corrected chi connectivity index (χ0v) is 14.0. The highest BCUT2D eigenvalue weighted by atomic mass is 16.5. The second-order valence-corrected chi connectivity index (χ2v) is 5.14. The second kappa shape index (κ2) is 9.00. The molecule has 0 spiro atoms. The molecule has 1 aromatic heterocycles. The number of hydrogen-bond acceptors (Lipinski definition) is 5. The van der Waals surface area contributed by atoms with E-state index in [0.29, 0.717) is 13.2 Å². The summed E-state index contributed by atoms with van der Waals surface area (Å²) >= 11 is 0. The van der Waals surface area contributed by atoms with E-state index in [2.05, 4.69) is 9.88 Å². The van der Waals surface area contributed by atoms with Gasteiger partial charge in [-0.1, -0.05) is 0 Å². The van der Waals surface area contributed by atoms with Crippen LogP contribution in [0.15, 0.2) is 42.6 Å². The van der Waals surface area contributed by atoms with Crippen LogP contribution < -0.4 is 14.2 Å². The maximum absolute atomic E-state index is 5.76. The summed E-state index contributed by atoms with van der Waals surface area (Å²) in [5.41, 5.74) is 0.929. The standard InChI is InChI=1S/C18H24N2O3/c1-4-22-15-7-9-16(10-8-15)23-13-12-20(2)14-17-18(21-3)6-5-11-19-17/h5-11H,4,12-14H2,1-3H3. The average Bonchev–Trinajstić information content (AvgIpc) is 2.57. The van der Waals surface area contributed by atoms with Gasteiger partial charge in [0.1, 0.15) is 23.9 Å².